The first-order valence-corrected chi connectivity index (χ1v) is 12.0. The number of aryl methyl sites for hydroxylation is 1. The van der Waals surface area contributed by atoms with Gasteiger partial charge < -0.3 is 14.8 Å². The number of ether oxygens (including phenoxy) is 2. The summed E-state index contributed by atoms with van der Waals surface area (Å²) in [6, 6.07) is 10.6. The molecule has 1 atom stereocenters. The number of anilines is 1. The highest BCUT2D eigenvalue weighted by Crippen LogP contribution is 2.41. The summed E-state index contributed by atoms with van der Waals surface area (Å²) in [7, 11) is -2.08. The quantitative estimate of drug-likeness (QED) is 0.734. The van der Waals surface area contributed by atoms with E-state index in [0.29, 0.717) is 23.6 Å². The van der Waals surface area contributed by atoms with E-state index in [9.17, 15) is 13.2 Å². The van der Waals surface area contributed by atoms with E-state index >= 15 is 0 Å². The van der Waals surface area contributed by atoms with Gasteiger partial charge in [0.15, 0.2) is 0 Å². The van der Waals surface area contributed by atoms with E-state index in [2.05, 4.69) is 5.32 Å². The maximum absolute atomic E-state index is 13.0. The number of fused-ring (bicyclic) bond motifs is 1. The van der Waals surface area contributed by atoms with Gasteiger partial charge in [-0.15, -0.1) is 0 Å². The number of hydrogen-bond donors (Lipinski definition) is 1. The van der Waals surface area contributed by atoms with Gasteiger partial charge in [-0.3, -0.25) is 9.10 Å². The summed E-state index contributed by atoms with van der Waals surface area (Å²) in [6.07, 6.45) is 1.65. The van der Waals surface area contributed by atoms with Crippen LogP contribution in [-0.4, -0.2) is 39.8 Å². The molecule has 0 aromatic heterocycles. The first-order valence-electron chi connectivity index (χ1n) is 10.1. The van der Waals surface area contributed by atoms with Crippen LogP contribution in [0.3, 0.4) is 0 Å². The Balaban J connectivity index is 1.89. The predicted molar refractivity (Wildman–Crippen MR) is 121 cm³/mol. The lowest BCUT2D eigenvalue weighted by atomic mass is 9.89. The zero-order valence-electron chi connectivity index (χ0n) is 18.9. The molecule has 0 aliphatic carbocycles. The average molecular weight is 447 g/mol. The molecule has 7 nitrogen and oxygen atoms in total. The Kier molecular flexibility index (Phi) is 6.23. The number of rotatable bonds is 6. The molecule has 0 unspecified atom stereocenters. The van der Waals surface area contributed by atoms with Gasteiger partial charge in [0.25, 0.3) is 0 Å². The number of benzene rings is 2. The number of carbonyl (C=O) groups is 1. The summed E-state index contributed by atoms with van der Waals surface area (Å²) in [5, 5.41) is 3.01. The number of nitrogens with one attached hydrogen (secondary N) is 1. The summed E-state index contributed by atoms with van der Waals surface area (Å²) in [4.78, 5) is 13.0. The number of methoxy groups -OCH3 is 1. The molecule has 1 aliphatic rings. The lowest BCUT2D eigenvalue weighted by molar-refractivity contribution is -0.120. The van der Waals surface area contributed by atoms with Gasteiger partial charge in [-0.25, -0.2) is 8.42 Å². The van der Waals surface area contributed by atoms with Gasteiger partial charge in [0.05, 0.1) is 25.1 Å². The van der Waals surface area contributed by atoms with Crippen molar-refractivity contribution in [3.63, 3.8) is 0 Å². The molecule has 168 valence electrons. The van der Waals surface area contributed by atoms with Crippen molar-refractivity contribution in [3.8, 4) is 11.5 Å². The van der Waals surface area contributed by atoms with Crippen LogP contribution in [-0.2, 0) is 14.8 Å². The van der Waals surface area contributed by atoms with Gasteiger partial charge in [-0.2, -0.15) is 0 Å². The Morgan fingerprint density at radius 2 is 1.97 bits per heavy atom. The minimum atomic E-state index is -3.66. The Bertz CT molecular complexity index is 1100. The maximum Gasteiger partial charge on any atom is 0.241 e. The molecule has 2 aromatic carbocycles. The van der Waals surface area contributed by atoms with Crippen LogP contribution >= 0.6 is 0 Å². The average Bonchev–Trinajstić information content (AvgIpc) is 2.66. The van der Waals surface area contributed by atoms with Crippen molar-refractivity contribution >= 4 is 21.6 Å². The summed E-state index contributed by atoms with van der Waals surface area (Å²) in [5.74, 6) is 0.953. The number of amides is 1. The van der Waals surface area contributed by atoms with Crippen LogP contribution in [0.5, 0.6) is 11.5 Å². The minimum absolute atomic E-state index is 0.305. The Morgan fingerprint density at radius 3 is 2.61 bits per heavy atom. The van der Waals surface area contributed by atoms with Crippen LogP contribution in [0.2, 0.25) is 0 Å². The number of hydrogen-bond acceptors (Lipinski definition) is 5. The standard InChI is InChI=1S/C23H30N2O5S/c1-15-8-7-9-20(16(15)2)25(31(6,27)28)14-22(26)24-19-13-23(3,4)30-21-11-10-17(29-5)12-18(19)21/h7-12,19H,13-14H2,1-6H3,(H,24,26)/t19-/m1/s1. The largest absolute Gasteiger partial charge is 0.497 e. The van der Waals surface area contributed by atoms with E-state index in [0.717, 1.165) is 27.3 Å². The Hall–Kier alpha value is -2.74. The molecule has 2 aromatic rings. The molecule has 3 rings (SSSR count). The van der Waals surface area contributed by atoms with E-state index in [-0.39, 0.29) is 18.5 Å². The highest BCUT2D eigenvalue weighted by molar-refractivity contribution is 7.92. The van der Waals surface area contributed by atoms with Crippen LogP contribution in [0.25, 0.3) is 0 Å². The van der Waals surface area contributed by atoms with Crippen molar-refractivity contribution in [1.29, 1.82) is 0 Å². The van der Waals surface area contributed by atoms with Gasteiger partial charge in [-0.05, 0) is 63.1 Å². The van der Waals surface area contributed by atoms with Crippen LogP contribution in [0, 0.1) is 13.8 Å². The highest BCUT2D eigenvalue weighted by Gasteiger charge is 2.35. The molecule has 1 heterocycles. The van der Waals surface area contributed by atoms with Gasteiger partial charge >= 0.3 is 0 Å². The third-order valence-electron chi connectivity index (χ3n) is 5.54. The van der Waals surface area contributed by atoms with Gasteiger partial charge in [0.2, 0.25) is 15.9 Å². The van der Waals surface area contributed by atoms with Gasteiger partial charge in [0, 0.05) is 12.0 Å². The third kappa shape index (κ3) is 5.12. The molecule has 8 heteroatoms. The molecule has 0 saturated carbocycles. The second-order valence-electron chi connectivity index (χ2n) is 8.58. The van der Waals surface area contributed by atoms with E-state index in [1.807, 2.05) is 52.0 Å². The molecule has 1 N–H and O–H groups in total. The van der Waals surface area contributed by atoms with Crippen LogP contribution in [0.15, 0.2) is 36.4 Å². The molecular weight excluding hydrogens is 416 g/mol. The number of sulfonamides is 1. The van der Waals surface area contributed by atoms with Gasteiger partial charge in [0.1, 0.15) is 23.6 Å². The van der Waals surface area contributed by atoms with Crippen molar-refractivity contribution in [3.05, 3.63) is 53.1 Å². The topological polar surface area (TPSA) is 84.9 Å². The van der Waals surface area contributed by atoms with Crippen LogP contribution in [0.4, 0.5) is 5.69 Å². The van der Waals surface area contributed by atoms with Crippen LogP contribution < -0.4 is 19.1 Å². The summed E-state index contributed by atoms with van der Waals surface area (Å²) in [6.45, 7) is 7.37. The number of carbonyl (C=O) groups excluding carboxylic acids is 1. The summed E-state index contributed by atoms with van der Waals surface area (Å²) in [5.41, 5.74) is 2.61. The normalized spacial score (nSPS) is 17.3. The molecule has 0 saturated heterocycles. The fraction of sp³-hybridized carbons (Fsp3) is 0.435. The second kappa shape index (κ2) is 8.42. The van der Waals surface area contributed by atoms with Crippen molar-refractivity contribution in [2.75, 3.05) is 24.2 Å². The van der Waals surface area contributed by atoms with Crippen molar-refractivity contribution in [2.24, 2.45) is 0 Å². The Labute approximate surface area is 184 Å². The van der Waals surface area contributed by atoms with Gasteiger partial charge in [-0.1, -0.05) is 12.1 Å². The Morgan fingerprint density at radius 1 is 1.26 bits per heavy atom. The molecule has 0 spiro atoms. The molecule has 0 bridgehead atoms. The summed E-state index contributed by atoms with van der Waals surface area (Å²) >= 11 is 0. The highest BCUT2D eigenvalue weighted by atomic mass is 32.2. The first-order chi connectivity index (χ1) is 14.4. The predicted octanol–water partition coefficient (Wildman–Crippen LogP) is 3.50. The molecule has 1 aliphatic heterocycles. The fourth-order valence-corrected chi connectivity index (χ4v) is 4.75. The summed E-state index contributed by atoms with van der Waals surface area (Å²) < 4.78 is 37.6. The maximum atomic E-state index is 13.0. The molecule has 0 radical (unpaired) electrons. The van der Waals surface area contributed by atoms with E-state index in [1.54, 1.807) is 19.2 Å². The lowest BCUT2D eigenvalue weighted by Gasteiger charge is -2.38. The molecule has 31 heavy (non-hydrogen) atoms. The third-order valence-corrected chi connectivity index (χ3v) is 6.67. The molecule has 0 fully saturated rings. The van der Waals surface area contributed by atoms with E-state index < -0.39 is 15.6 Å². The zero-order chi connectivity index (χ0) is 23.0. The zero-order valence-corrected chi connectivity index (χ0v) is 19.7. The fourth-order valence-electron chi connectivity index (χ4n) is 3.85. The minimum Gasteiger partial charge on any atom is -0.497 e. The van der Waals surface area contributed by atoms with Crippen LogP contribution in [0.1, 0.15) is 43.0 Å². The number of nitrogens with zero attached hydrogens (tertiary/aromatic N) is 1. The van der Waals surface area contributed by atoms with E-state index in [1.165, 1.54) is 0 Å². The smallest absolute Gasteiger partial charge is 0.241 e. The second-order valence-corrected chi connectivity index (χ2v) is 10.5. The van der Waals surface area contributed by atoms with Crippen molar-refractivity contribution in [2.45, 2.75) is 45.8 Å². The van der Waals surface area contributed by atoms with E-state index in [4.69, 9.17) is 9.47 Å². The molecule has 1 amide bonds. The van der Waals surface area contributed by atoms with Crippen molar-refractivity contribution in [1.82, 2.24) is 5.32 Å². The SMILES string of the molecule is COc1ccc2c(c1)[C@H](NC(=O)CN(c1cccc(C)c1C)S(C)(=O)=O)CC(C)(C)O2. The monoisotopic (exact) mass is 446 g/mol. The first kappa shape index (κ1) is 22.9. The molecular formula is C23H30N2O5S. The van der Waals surface area contributed by atoms with Crippen molar-refractivity contribution < 1.29 is 22.7 Å². The lowest BCUT2D eigenvalue weighted by Crippen LogP contribution is -2.45.